The summed E-state index contributed by atoms with van der Waals surface area (Å²) in [5.74, 6) is -0.697. The molecule has 0 saturated carbocycles. The number of benzene rings is 2. The normalized spacial score (nSPS) is 11.9. The van der Waals surface area contributed by atoms with Gasteiger partial charge >= 0.3 is 0 Å². The van der Waals surface area contributed by atoms with Gasteiger partial charge in [0, 0.05) is 12.6 Å². The first-order chi connectivity index (χ1) is 12.0. The Bertz CT molecular complexity index is 875. The molecule has 0 atom stereocenters. The molecule has 130 valence electrons. The van der Waals surface area contributed by atoms with Gasteiger partial charge in [-0.25, -0.2) is 18.6 Å². The SMILES string of the molecule is O=C(/C=C/c1cccc(S(=O)(=O)NC/C=C/c2ccccc2)c1)NO. The number of carbonyl (C=O) groups excluding carboxylic acids is 1. The summed E-state index contributed by atoms with van der Waals surface area (Å²) in [4.78, 5) is 11.1. The predicted octanol–water partition coefficient (Wildman–Crippen LogP) is 2.20. The van der Waals surface area contributed by atoms with Crippen LogP contribution in [0, 0.1) is 0 Å². The summed E-state index contributed by atoms with van der Waals surface area (Å²) in [6, 6.07) is 15.7. The number of amides is 1. The lowest BCUT2D eigenvalue weighted by Gasteiger charge is -2.05. The second-order valence-corrected chi connectivity index (χ2v) is 6.81. The van der Waals surface area contributed by atoms with Crippen LogP contribution >= 0.6 is 0 Å². The van der Waals surface area contributed by atoms with Gasteiger partial charge in [0.05, 0.1) is 4.90 Å². The molecule has 0 heterocycles. The second-order valence-electron chi connectivity index (χ2n) is 5.05. The zero-order valence-electron chi connectivity index (χ0n) is 13.3. The van der Waals surface area contributed by atoms with Crippen molar-refractivity contribution in [3.63, 3.8) is 0 Å². The van der Waals surface area contributed by atoms with Crippen molar-refractivity contribution in [2.75, 3.05) is 6.54 Å². The van der Waals surface area contributed by atoms with Crippen LogP contribution in [0.5, 0.6) is 0 Å². The molecular formula is C18H18N2O4S. The molecule has 2 rings (SSSR count). The van der Waals surface area contributed by atoms with Gasteiger partial charge in [-0.3, -0.25) is 10.0 Å². The summed E-state index contributed by atoms with van der Waals surface area (Å²) < 4.78 is 27.1. The average molecular weight is 358 g/mol. The first-order valence-corrected chi connectivity index (χ1v) is 8.93. The van der Waals surface area contributed by atoms with Gasteiger partial charge in [0.1, 0.15) is 0 Å². The maximum absolute atomic E-state index is 12.3. The standard InChI is InChI=1S/C18H18N2O4S/c21-18(20-22)12-11-16-8-4-10-17(14-16)25(23,24)19-13-5-9-15-6-2-1-3-7-15/h1-12,14,19,22H,13H2,(H,20,21)/b9-5+,12-11+. The molecule has 2 aromatic carbocycles. The number of hydrogen-bond donors (Lipinski definition) is 3. The monoisotopic (exact) mass is 358 g/mol. The van der Waals surface area contributed by atoms with E-state index in [2.05, 4.69) is 4.72 Å². The summed E-state index contributed by atoms with van der Waals surface area (Å²) in [6.07, 6.45) is 6.05. The molecule has 0 bridgehead atoms. The van der Waals surface area contributed by atoms with Gasteiger partial charge in [-0.2, -0.15) is 0 Å². The van der Waals surface area contributed by atoms with Crippen LogP contribution in [-0.2, 0) is 14.8 Å². The summed E-state index contributed by atoms with van der Waals surface area (Å²) in [5, 5.41) is 8.44. The highest BCUT2D eigenvalue weighted by Gasteiger charge is 2.12. The maximum Gasteiger partial charge on any atom is 0.267 e. The van der Waals surface area contributed by atoms with Crippen molar-refractivity contribution in [3.8, 4) is 0 Å². The topological polar surface area (TPSA) is 95.5 Å². The van der Waals surface area contributed by atoms with Crippen LogP contribution in [0.3, 0.4) is 0 Å². The Hall–Kier alpha value is -2.74. The van der Waals surface area contributed by atoms with Gasteiger partial charge < -0.3 is 0 Å². The van der Waals surface area contributed by atoms with E-state index in [0.29, 0.717) is 5.56 Å². The highest BCUT2D eigenvalue weighted by Crippen LogP contribution is 2.12. The van der Waals surface area contributed by atoms with Crippen LogP contribution in [0.4, 0.5) is 0 Å². The third-order valence-electron chi connectivity index (χ3n) is 3.21. The number of hydroxylamine groups is 1. The summed E-state index contributed by atoms with van der Waals surface area (Å²) in [7, 11) is -3.67. The fourth-order valence-corrected chi connectivity index (χ4v) is 3.03. The Morgan fingerprint density at radius 1 is 1.00 bits per heavy atom. The van der Waals surface area contributed by atoms with Crippen molar-refractivity contribution in [1.82, 2.24) is 10.2 Å². The fraction of sp³-hybridized carbons (Fsp3) is 0.0556. The number of hydrogen-bond acceptors (Lipinski definition) is 4. The summed E-state index contributed by atoms with van der Waals surface area (Å²) in [5.41, 5.74) is 2.97. The van der Waals surface area contributed by atoms with Crippen LogP contribution in [0.15, 0.2) is 71.6 Å². The van der Waals surface area contributed by atoms with Crippen molar-refractivity contribution < 1.29 is 18.4 Å². The molecule has 3 N–H and O–H groups in total. The fourth-order valence-electron chi connectivity index (χ4n) is 1.99. The first-order valence-electron chi connectivity index (χ1n) is 7.45. The van der Waals surface area contributed by atoms with E-state index < -0.39 is 15.9 Å². The highest BCUT2D eigenvalue weighted by molar-refractivity contribution is 7.89. The minimum atomic E-state index is -3.67. The summed E-state index contributed by atoms with van der Waals surface area (Å²) >= 11 is 0. The van der Waals surface area contributed by atoms with Crippen LogP contribution in [0.1, 0.15) is 11.1 Å². The van der Waals surface area contributed by atoms with E-state index in [1.54, 1.807) is 18.2 Å². The Labute approximate surface area is 146 Å². The molecule has 0 aliphatic carbocycles. The quantitative estimate of drug-likeness (QED) is 0.402. The van der Waals surface area contributed by atoms with E-state index in [-0.39, 0.29) is 11.4 Å². The third kappa shape index (κ3) is 6.00. The van der Waals surface area contributed by atoms with Crippen molar-refractivity contribution in [3.05, 3.63) is 77.9 Å². The average Bonchev–Trinajstić information content (AvgIpc) is 2.64. The molecule has 0 unspecified atom stereocenters. The molecule has 0 aliphatic heterocycles. The molecular weight excluding hydrogens is 340 g/mol. The van der Waals surface area contributed by atoms with Crippen LogP contribution in [0.2, 0.25) is 0 Å². The molecule has 0 saturated heterocycles. The van der Waals surface area contributed by atoms with E-state index in [9.17, 15) is 13.2 Å². The molecule has 0 aliphatic rings. The lowest BCUT2D eigenvalue weighted by molar-refractivity contribution is -0.124. The van der Waals surface area contributed by atoms with Crippen LogP contribution < -0.4 is 10.2 Å². The van der Waals surface area contributed by atoms with Gasteiger partial charge in [0.15, 0.2) is 0 Å². The molecule has 25 heavy (non-hydrogen) atoms. The molecule has 0 aromatic heterocycles. The Morgan fingerprint density at radius 2 is 1.72 bits per heavy atom. The molecule has 6 nitrogen and oxygen atoms in total. The van der Waals surface area contributed by atoms with E-state index in [1.807, 2.05) is 36.4 Å². The van der Waals surface area contributed by atoms with E-state index in [4.69, 9.17) is 5.21 Å². The van der Waals surface area contributed by atoms with Crippen LogP contribution in [-0.4, -0.2) is 26.1 Å². The van der Waals surface area contributed by atoms with Gasteiger partial charge in [0.2, 0.25) is 10.0 Å². The van der Waals surface area contributed by atoms with Crippen molar-refractivity contribution >= 4 is 28.1 Å². The van der Waals surface area contributed by atoms with Gasteiger partial charge in [-0.15, -0.1) is 0 Å². The first kappa shape index (κ1) is 18.6. The van der Waals surface area contributed by atoms with E-state index >= 15 is 0 Å². The lowest BCUT2D eigenvalue weighted by Crippen LogP contribution is -2.23. The van der Waals surface area contributed by atoms with E-state index in [1.165, 1.54) is 23.7 Å². The number of rotatable bonds is 7. The zero-order valence-corrected chi connectivity index (χ0v) is 14.1. The van der Waals surface area contributed by atoms with Gasteiger partial charge in [0.25, 0.3) is 5.91 Å². The third-order valence-corrected chi connectivity index (χ3v) is 4.63. The summed E-state index contributed by atoms with van der Waals surface area (Å²) in [6.45, 7) is 0.157. The number of carbonyl (C=O) groups is 1. The minimum Gasteiger partial charge on any atom is -0.288 e. The van der Waals surface area contributed by atoms with Crippen molar-refractivity contribution in [2.45, 2.75) is 4.90 Å². The lowest BCUT2D eigenvalue weighted by atomic mass is 10.2. The Kier molecular flexibility index (Phi) is 6.64. The Balaban J connectivity index is 2.03. The smallest absolute Gasteiger partial charge is 0.267 e. The number of sulfonamides is 1. The van der Waals surface area contributed by atoms with Gasteiger partial charge in [-0.05, 0) is 29.3 Å². The van der Waals surface area contributed by atoms with E-state index in [0.717, 1.165) is 11.6 Å². The largest absolute Gasteiger partial charge is 0.288 e. The number of nitrogens with one attached hydrogen (secondary N) is 2. The van der Waals surface area contributed by atoms with Crippen LogP contribution in [0.25, 0.3) is 12.2 Å². The molecule has 2 aromatic rings. The molecule has 0 radical (unpaired) electrons. The zero-order chi connectivity index (χ0) is 18.1. The van der Waals surface area contributed by atoms with Gasteiger partial charge in [-0.1, -0.05) is 54.6 Å². The van der Waals surface area contributed by atoms with Crippen molar-refractivity contribution in [1.29, 1.82) is 0 Å². The maximum atomic E-state index is 12.3. The van der Waals surface area contributed by atoms with Crippen molar-refractivity contribution in [2.24, 2.45) is 0 Å². The second kappa shape index (κ2) is 8.93. The highest BCUT2D eigenvalue weighted by atomic mass is 32.2. The predicted molar refractivity (Wildman–Crippen MR) is 96.1 cm³/mol. The Morgan fingerprint density at radius 3 is 2.44 bits per heavy atom. The molecule has 1 amide bonds. The molecule has 0 spiro atoms. The minimum absolute atomic E-state index is 0.0900. The molecule has 0 fully saturated rings. The molecule has 7 heteroatoms.